The summed E-state index contributed by atoms with van der Waals surface area (Å²) in [5.41, 5.74) is 0.908. The fourth-order valence-corrected chi connectivity index (χ4v) is 2.64. The molecule has 2 heterocycles. The maximum Gasteiger partial charge on any atom is 0.315 e. The molecule has 3 aromatic rings. The third-order valence-corrected chi connectivity index (χ3v) is 4.02. The van der Waals surface area contributed by atoms with Gasteiger partial charge in [-0.2, -0.15) is 0 Å². The van der Waals surface area contributed by atoms with Crippen LogP contribution in [0.4, 0.5) is 4.79 Å². The number of methoxy groups -OCH3 is 2. The van der Waals surface area contributed by atoms with Crippen LogP contribution in [0.5, 0.6) is 11.5 Å². The molecule has 0 atom stereocenters. The van der Waals surface area contributed by atoms with Gasteiger partial charge in [-0.1, -0.05) is 6.07 Å². The number of imidazole rings is 1. The minimum Gasteiger partial charge on any atom is -0.493 e. The first-order valence-electron chi connectivity index (χ1n) is 8.72. The van der Waals surface area contributed by atoms with E-state index in [1.54, 1.807) is 44.9 Å². The molecule has 146 valence electrons. The van der Waals surface area contributed by atoms with E-state index >= 15 is 0 Å². The van der Waals surface area contributed by atoms with Gasteiger partial charge in [0.1, 0.15) is 0 Å². The van der Waals surface area contributed by atoms with Crippen molar-refractivity contribution in [3.05, 3.63) is 54.6 Å². The van der Waals surface area contributed by atoms with Gasteiger partial charge in [0, 0.05) is 44.4 Å². The first kappa shape index (κ1) is 19.2. The molecule has 2 aromatic heterocycles. The highest BCUT2D eigenvalue weighted by Crippen LogP contribution is 2.27. The average molecular weight is 382 g/mol. The number of nitrogens with one attached hydrogen (secondary N) is 2. The molecule has 9 nitrogen and oxygen atoms in total. The van der Waals surface area contributed by atoms with Gasteiger partial charge in [-0.3, -0.25) is 0 Å². The molecule has 1 aromatic carbocycles. The van der Waals surface area contributed by atoms with Crippen LogP contribution in [0, 0.1) is 0 Å². The molecule has 0 saturated carbocycles. The summed E-state index contributed by atoms with van der Waals surface area (Å²) in [5.74, 6) is 2.48. The van der Waals surface area contributed by atoms with Crippen molar-refractivity contribution in [3.63, 3.8) is 0 Å². The van der Waals surface area contributed by atoms with Crippen molar-refractivity contribution < 1.29 is 14.3 Å². The number of benzene rings is 1. The minimum atomic E-state index is -0.257. The van der Waals surface area contributed by atoms with E-state index in [-0.39, 0.29) is 6.03 Å². The summed E-state index contributed by atoms with van der Waals surface area (Å²) in [7, 11) is 3.16. The molecular formula is C19H22N6O3. The Morgan fingerprint density at radius 3 is 2.57 bits per heavy atom. The van der Waals surface area contributed by atoms with E-state index < -0.39 is 0 Å². The Hall–Kier alpha value is -3.62. The summed E-state index contributed by atoms with van der Waals surface area (Å²) in [4.78, 5) is 24.7. The Kier molecular flexibility index (Phi) is 6.40. The first-order chi connectivity index (χ1) is 13.7. The molecule has 0 unspecified atom stereocenters. The van der Waals surface area contributed by atoms with Crippen molar-refractivity contribution in [1.82, 2.24) is 30.2 Å². The summed E-state index contributed by atoms with van der Waals surface area (Å²) in [6.07, 6.45) is 6.85. The first-order valence-corrected chi connectivity index (χ1v) is 8.72. The minimum absolute atomic E-state index is 0.257. The van der Waals surface area contributed by atoms with Gasteiger partial charge < -0.3 is 24.7 Å². The third-order valence-electron chi connectivity index (χ3n) is 4.02. The fourth-order valence-electron chi connectivity index (χ4n) is 2.64. The van der Waals surface area contributed by atoms with E-state index in [1.165, 1.54) is 0 Å². The monoisotopic (exact) mass is 382 g/mol. The zero-order valence-corrected chi connectivity index (χ0v) is 15.8. The zero-order valence-electron chi connectivity index (χ0n) is 15.8. The summed E-state index contributed by atoms with van der Waals surface area (Å²) in [6, 6.07) is 7.00. The molecule has 0 radical (unpaired) electrons. The van der Waals surface area contributed by atoms with Crippen LogP contribution >= 0.6 is 0 Å². The second-order valence-electron chi connectivity index (χ2n) is 5.82. The molecule has 0 fully saturated rings. The van der Waals surface area contributed by atoms with Crippen LogP contribution in [0.15, 0.2) is 49.1 Å². The number of amides is 2. The van der Waals surface area contributed by atoms with Gasteiger partial charge in [0.2, 0.25) is 0 Å². The highest BCUT2D eigenvalue weighted by atomic mass is 16.5. The van der Waals surface area contributed by atoms with Gasteiger partial charge in [-0.05, 0) is 23.8 Å². The molecule has 2 N–H and O–H groups in total. The molecule has 9 heteroatoms. The van der Waals surface area contributed by atoms with Crippen molar-refractivity contribution in [2.45, 2.75) is 13.1 Å². The molecule has 0 saturated heterocycles. The van der Waals surface area contributed by atoms with Crippen LogP contribution < -0.4 is 20.1 Å². The van der Waals surface area contributed by atoms with Gasteiger partial charge in [0.05, 0.1) is 14.2 Å². The molecule has 28 heavy (non-hydrogen) atoms. The molecule has 0 aliphatic carbocycles. The smallest absolute Gasteiger partial charge is 0.315 e. The molecule has 0 aliphatic heterocycles. The molecule has 0 spiro atoms. The number of carbonyl (C=O) groups excluding carboxylic acids is 1. The van der Waals surface area contributed by atoms with E-state index in [0.29, 0.717) is 42.8 Å². The maximum atomic E-state index is 12.0. The van der Waals surface area contributed by atoms with E-state index in [9.17, 15) is 4.79 Å². The van der Waals surface area contributed by atoms with Crippen molar-refractivity contribution in [2.24, 2.45) is 0 Å². The van der Waals surface area contributed by atoms with Crippen molar-refractivity contribution in [1.29, 1.82) is 0 Å². The number of ether oxygens (including phenoxy) is 2. The predicted molar refractivity (Wildman–Crippen MR) is 103 cm³/mol. The second kappa shape index (κ2) is 9.36. The number of nitrogens with zero attached hydrogens (tertiary/aromatic N) is 4. The average Bonchev–Trinajstić information content (AvgIpc) is 3.21. The SMILES string of the molecule is COc1ccc(CNC(=O)NCCn2ccnc2-c2ncccn2)cc1OC. The number of rotatable bonds is 8. The molecular weight excluding hydrogens is 360 g/mol. The van der Waals surface area contributed by atoms with E-state index in [0.717, 1.165) is 5.56 Å². The molecule has 0 bridgehead atoms. The van der Waals surface area contributed by atoms with Crippen LogP contribution in [0.3, 0.4) is 0 Å². The van der Waals surface area contributed by atoms with Gasteiger partial charge in [0.15, 0.2) is 23.1 Å². The molecule has 2 amide bonds. The Morgan fingerprint density at radius 2 is 1.82 bits per heavy atom. The largest absolute Gasteiger partial charge is 0.493 e. The van der Waals surface area contributed by atoms with Crippen LogP contribution in [-0.2, 0) is 13.1 Å². The highest BCUT2D eigenvalue weighted by molar-refractivity contribution is 5.73. The molecule has 3 rings (SSSR count). The Balaban J connectivity index is 1.48. The molecule has 0 aliphatic rings. The Bertz CT molecular complexity index is 913. The van der Waals surface area contributed by atoms with Gasteiger partial charge in [-0.25, -0.2) is 19.7 Å². The van der Waals surface area contributed by atoms with Crippen molar-refractivity contribution in [2.75, 3.05) is 20.8 Å². The number of carbonyl (C=O) groups is 1. The Labute approximate surface area is 162 Å². The summed E-state index contributed by atoms with van der Waals surface area (Å²) < 4.78 is 12.4. The topological polar surface area (TPSA) is 103 Å². The summed E-state index contributed by atoms with van der Waals surface area (Å²) in [6.45, 7) is 1.37. The normalized spacial score (nSPS) is 10.4. The lowest BCUT2D eigenvalue weighted by Crippen LogP contribution is -2.36. The van der Waals surface area contributed by atoms with Gasteiger partial charge in [0.25, 0.3) is 0 Å². The Morgan fingerprint density at radius 1 is 1.04 bits per heavy atom. The van der Waals surface area contributed by atoms with E-state index in [2.05, 4.69) is 25.6 Å². The van der Waals surface area contributed by atoms with E-state index in [1.807, 2.05) is 22.9 Å². The van der Waals surface area contributed by atoms with Crippen LogP contribution in [0.2, 0.25) is 0 Å². The fraction of sp³-hybridized carbons (Fsp3) is 0.263. The number of urea groups is 1. The summed E-state index contributed by atoms with van der Waals surface area (Å²) in [5, 5.41) is 5.64. The van der Waals surface area contributed by atoms with Crippen LogP contribution in [-0.4, -0.2) is 46.3 Å². The van der Waals surface area contributed by atoms with Crippen LogP contribution in [0.1, 0.15) is 5.56 Å². The number of aromatic nitrogens is 4. The van der Waals surface area contributed by atoms with E-state index in [4.69, 9.17) is 9.47 Å². The lowest BCUT2D eigenvalue weighted by molar-refractivity contribution is 0.240. The number of hydrogen-bond donors (Lipinski definition) is 2. The second-order valence-corrected chi connectivity index (χ2v) is 5.82. The zero-order chi connectivity index (χ0) is 19.8. The lowest BCUT2D eigenvalue weighted by Gasteiger charge is -2.11. The predicted octanol–water partition coefficient (Wildman–Crippen LogP) is 1.86. The number of hydrogen-bond acceptors (Lipinski definition) is 6. The standard InChI is InChI=1S/C19H22N6O3/c1-27-15-5-4-14(12-16(15)28-2)13-24-19(26)23-9-11-25-10-8-22-18(25)17-20-6-3-7-21-17/h3-8,10,12H,9,11,13H2,1-2H3,(H2,23,24,26). The maximum absolute atomic E-state index is 12.0. The van der Waals surface area contributed by atoms with Crippen LogP contribution in [0.25, 0.3) is 11.6 Å². The quantitative estimate of drug-likeness (QED) is 0.616. The lowest BCUT2D eigenvalue weighted by atomic mass is 10.2. The summed E-state index contributed by atoms with van der Waals surface area (Å²) >= 11 is 0. The highest BCUT2D eigenvalue weighted by Gasteiger charge is 2.09. The third kappa shape index (κ3) is 4.76. The van der Waals surface area contributed by atoms with Crippen molar-refractivity contribution >= 4 is 6.03 Å². The van der Waals surface area contributed by atoms with Crippen molar-refractivity contribution in [3.8, 4) is 23.1 Å². The van der Waals surface area contributed by atoms with Gasteiger partial charge in [-0.15, -0.1) is 0 Å². The van der Waals surface area contributed by atoms with Gasteiger partial charge >= 0.3 is 6.03 Å².